The number of ether oxygens (including phenoxy) is 1. The van der Waals surface area contributed by atoms with Crippen LogP contribution in [0.15, 0.2) is 24.3 Å². The molecule has 0 spiro atoms. The molecule has 0 N–H and O–H groups in total. The first-order chi connectivity index (χ1) is 10.1. The normalized spacial score (nSPS) is 15.7. The van der Waals surface area contributed by atoms with Crippen LogP contribution in [-0.2, 0) is 9.53 Å². The van der Waals surface area contributed by atoms with Crippen molar-refractivity contribution in [3.8, 4) is 0 Å². The monoisotopic (exact) mass is 291 g/mol. The molecular formula is C15H17NO5. The highest BCUT2D eigenvalue weighted by molar-refractivity contribution is 5.89. The summed E-state index contributed by atoms with van der Waals surface area (Å²) in [6, 6.07) is 5.34. The summed E-state index contributed by atoms with van der Waals surface area (Å²) in [6.07, 6.45) is 3.75. The topological polar surface area (TPSA) is 86.5 Å². The van der Waals surface area contributed by atoms with Gasteiger partial charge in [0.15, 0.2) is 0 Å². The Morgan fingerprint density at radius 3 is 2.43 bits per heavy atom. The van der Waals surface area contributed by atoms with Crippen LogP contribution in [0.3, 0.4) is 0 Å². The Hall–Kier alpha value is -2.24. The molecule has 1 aliphatic carbocycles. The first-order valence-corrected chi connectivity index (χ1v) is 6.99. The summed E-state index contributed by atoms with van der Waals surface area (Å²) >= 11 is 0. The van der Waals surface area contributed by atoms with E-state index in [0.717, 1.165) is 19.3 Å². The van der Waals surface area contributed by atoms with Crippen molar-refractivity contribution in [3.05, 3.63) is 39.9 Å². The number of esters is 1. The highest BCUT2D eigenvalue weighted by Gasteiger charge is 2.19. The molecule has 1 aliphatic rings. The van der Waals surface area contributed by atoms with E-state index in [9.17, 15) is 19.7 Å². The lowest BCUT2D eigenvalue weighted by atomic mass is 9.86. The number of nitrogens with zero attached hydrogens (tertiary/aromatic N) is 1. The fourth-order valence-electron chi connectivity index (χ4n) is 2.41. The van der Waals surface area contributed by atoms with E-state index in [1.54, 1.807) is 0 Å². The summed E-state index contributed by atoms with van der Waals surface area (Å²) in [4.78, 5) is 32.9. The van der Waals surface area contributed by atoms with Gasteiger partial charge in [0.05, 0.1) is 17.1 Å². The van der Waals surface area contributed by atoms with Crippen LogP contribution in [0.4, 0.5) is 5.69 Å². The summed E-state index contributed by atoms with van der Waals surface area (Å²) in [5.41, 5.74) is 0.248. The number of Topliss-reactive ketones (excluding diaryl/α,β-unsaturated/α-hetero) is 1. The van der Waals surface area contributed by atoms with Gasteiger partial charge in [0.25, 0.3) is 5.69 Å². The third kappa shape index (κ3) is 4.37. The molecule has 0 aliphatic heterocycles. The Balaban J connectivity index is 1.76. The first kappa shape index (κ1) is 15.2. The molecule has 6 heteroatoms. The van der Waals surface area contributed by atoms with E-state index in [2.05, 4.69) is 0 Å². The zero-order valence-electron chi connectivity index (χ0n) is 11.6. The highest BCUT2D eigenvalue weighted by Crippen LogP contribution is 2.24. The SMILES string of the molecule is O=C1CCC(CCOC(=O)c2ccc([N+](=O)[O-])cc2)CC1. The van der Waals surface area contributed by atoms with Crippen LogP contribution >= 0.6 is 0 Å². The van der Waals surface area contributed by atoms with Gasteiger partial charge in [-0.3, -0.25) is 14.9 Å². The van der Waals surface area contributed by atoms with Crippen molar-refractivity contribution in [2.24, 2.45) is 5.92 Å². The maximum absolute atomic E-state index is 11.8. The number of ketones is 1. The Labute approximate surface area is 122 Å². The number of non-ortho nitro benzene ring substituents is 1. The fraction of sp³-hybridized carbons (Fsp3) is 0.467. The summed E-state index contributed by atoms with van der Waals surface area (Å²) in [5, 5.41) is 10.5. The number of rotatable bonds is 5. The van der Waals surface area contributed by atoms with Gasteiger partial charge < -0.3 is 4.74 Å². The molecule has 0 atom stereocenters. The Morgan fingerprint density at radius 1 is 1.24 bits per heavy atom. The Morgan fingerprint density at radius 2 is 1.86 bits per heavy atom. The molecule has 1 aromatic carbocycles. The van der Waals surface area contributed by atoms with Crippen molar-refractivity contribution in [3.63, 3.8) is 0 Å². The lowest BCUT2D eigenvalue weighted by Gasteiger charge is -2.20. The predicted octanol–water partition coefficient (Wildman–Crippen LogP) is 2.90. The fourth-order valence-corrected chi connectivity index (χ4v) is 2.41. The maximum Gasteiger partial charge on any atom is 0.338 e. The minimum Gasteiger partial charge on any atom is -0.462 e. The molecule has 0 heterocycles. The van der Waals surface area contributed by atoms with Crippen LogP contribution in [0, 0.1) is 16.0 Å². The van der Waals surface area contributed by atoms with Gasteiger partial charge in [-0.15, -0.1) is 0 Å². The van der Waals surface area contributed by atoms with Crippen LogP contribution in [0.2, 0.25) is 0 Å². The number of hydrogen-bond donors (Lipinski definition) is 0. The number of benzene rings is 1. The second-order valence-corrected chi connectivity index (χ2v) is 5.21. The summed E-state index contributed by atoms with van der Waals surface area (Å²) in [6.45, 7) is 0.314. The molecule has 0 bridgehead atoms. The molecule has 112 valence electrons. The average molecular weight is 291 g/mol. The van der Waals surface area contributed by atoms with E-state index in [0.29, 0.717) is 36.7 Å². The largest absolute Gasteiger partial charge is 0.462 e. The number of nitro groups is 1. The van der Waals surface area contributed by atoms with Crippen molar-refractivity contribution >= 4 is 17.4 Å². The lowest BCUT2D eigenvalue weighted by Crippen LogP contribution is -2.16. The number of carbonyl (C=O) groups excluding carboxylic acids is 2. The number of hydrogen-bond acceptors (Lipinski definition) is 5. The van der Waals surface area contributed by atoms with Crippen molar-refractivity contribution in [2.45, 2.75) is 32.1 Å². The van der Waals surface area contributed by atoms with Gasteiger partial charge in [-0.05, 0) is 37.3 Å². The van der Waals surface area contributed by atoms with E-state index < -0.39 is 10.9 Å². The van der Waals surface area contributed by atoms with Crippen LogP contribution in [0.1, 0.15) is 42.5 Å². The molecule has 0 unspecified atom stereocenters. The second kappa shape index (κ2) is 6.97. The van der Waals surface area contributed by atoms with E-state index in [1.165, 1.54) is 24.3 Å². The average Bonchev–Trinajstić information content (AvgIpc) is 2.49. The van der Waals surface area contributed by atoms with Crippen molar-refractivity contribution in [1.29, 1.82) is 0 Å². The molecule has 6 nitrogen and oxygen atoms in total. The van der Waals surface area contributed by atoms with Crippen LogP contribution in [-0.4, -0.2) is 23.3 Å². The lowest BCUT2D eigenvalue weighted by molar-refractivity contribution is -0.384. The van der Waals surface area contributed by atoms with Gasteiger partial charge in [0.1, 0.15) is 5.78 Å². The van der Waals surface area contributed by atoms with E-state index in [-0.39, 0.29) is 5.69 Å². The van der Waals surface area contributed by atoms with E-state index >= 15 is 0 Å². The van der Waals surface area contributed by atoms with Gasteiger partial charge in [-0.2, -0.15) is 0 Å². The molecule has 1 fully saturated rings. The first-order valence-electron chi connectivity index (χ1n) is 6.99. The van der Waals surface area contributed by atoms with Gasteiger partial charge in [-0.1, -0.05) is 0 Å². The van der Waals surface area contributed by atoms with Crippen LogP contribution in [0.5, 0.6) is 0 Å². The molecule has 2 rings (SSSR count). The minimum atomic E-state index is -0.514. The van der Waals surface area contributed by atoms with Gasteiger partial charge in [0, 0.05) is 25.0 Å². The number of carbonyl (C=O) groups is 2. The standard InChI is InChI=1S/C15H17NO5/c17-14-7-1-11(2-8-14)9-10-21-15(18)12-3-5-13(6-4-12)16(19)20/h3-6,11H,1-2,7-10H2. The molecule has 0 radical (unpaired) electrons. The molecule has 0 saturated heterocycles. The zero-order valence-corrected chi connectivity index (χ0v) is 11.6. The Bertz CT molecular complexity index is 527. The molecule has 1 aromatic rings. The Kier molecular flexibility index (Phi) is 5.03. The minimum absolute atomic E-state index is 0.0570. The summed E-state index contributed by atoms with van der Waals surface area (Å²) in [5.74, 6) is 0.276. The van der Waals surface area contributed by atoms with Gasteiger partial charge in [-0.25, -0.2) is 4.79 Å². The molecule has 0 aromatic heterocycles. The van der Waals surface area contributed by atoms with E-state index in [4.69, 9.17) is 4.74 Å². The quantitative estimate of drug-likeness (QED) is 0.473. The van der Waals surface area contributed by atoms with E-state index in [1.807, 2.05) is 0 Å². The number of nitro benzene ring substituents is 1. The third-order valence-corrected chi connectivity index (χ3v) is 3.74. The van der Waals surface area contributed by atoms with Crippen molar-refractivity contribution in [1.82, 2.24) is 0 Å². The highest BCUT2D eigenvalue weighted by atomic mass is 16.6. The predicted molar refractivity (Wildman–Crippen MR) is 75.0 cm³/mol. The van der Waals surface area contributed by atoms with Crippen molar-refractivity contribution < 1.29 is 19.2 Å². The summed E-state index contributed by atoms with van der Waals surface area (Å²) < 4.78 is 5.16. The maximum atomic E-state index is 11.8. The third-order valence-electron chi connectivity index (χ3n) is 3.74. The molecule has 21 heavy (non-hydrogen) atoms. The smallest absolute Gasteiger partial charge is 0.338 e. The van der Waals surface area contributed by atoms with Crippen LogP contribution < -0.4 is 0 Å². The van der Waals surface area contributed by atoms with Gasteiger partial charge >= 0.3 is 5.97 Å². The summed E-state index contributed by atoms with van der Waals surface area (Å²) in [7, 11) is 0. The van der Waals surface area contributed by atoms with Crippen molar-refractivity contribution in [2.75, 3.05) is 6.61 Å². The van der Waals surface area contributed by atoms with Gasteiger partial charge in [0.2, 0.25) is 0 Å². The zero-order chi connectivity index (χ0) is 15.2. The molecule has 0 amide bonds. The molecular weight excluding hydrogens is 274 g/mol. The van der Waals surface area contributed by atoms with Crippen LogP contribution in [0.25, 0.3) is 0 Å². The second-order valence-electron chi connectivity index (χ2n) is 5.21. The molecule has 1 saturated carbocycles.